The number of nitrogens with zero attached hydrogens (tertiary/aromatic N) is 1. The highest BCUT2D eigenvalue weighted by atomic mass is 32.2. The number of benzene rings is 2. The molecule has 0 aliphatic rings. The molecule has 0 heterocycles. The molecular weight excluding hydrogens is 332 g/mol. The van der Waals surface area contributed by atoms with Gasteiger partial charge in [0.05, 0.1) is 15.5 Å². The monoisotopic (exact) mass is 348 g/mol. The summed E-state index contributed by atoms with van der Waals surface area (Å²) in [7, 11) is -3.90. The summed E-state index contributed by atoms with van der Waals surface area (Å²) in [5.41, 5.74) is 0.893. The third-order valence-electron chi connectivity index (χ3n) is 3.49. The van der Waals surface area contributed by atoms with Crippen molar-refractivity contribution in [2.45, 2.75) is 25.2 Å². The summed E-state index contributed by atoms with van der Waals surface area (Å²) in [6, 6.07) is 9.66. The van der Waals surface area contributed by atoms with Crippen LogP contribution in [0.15, 0.2) is 47.4 Å². The van der Waals surface area contributed by atoms with Gasteiger partial charge < -0.3 is 0 Å². The third-order valence-corrected chi connectivity index (χ3v) is 4.88. The maximum absolute atomic E-state index is 12.4. The van der Waals surface area contributed by atoms with E-state index < -0.39 is 14.9 Å². The number of sulfonamides is 1. The molecule has 0 atom stereocenters. The minimum atomic E-state index is -3.90. The normalized spacial score (nSPS) is 11.1. The molecule has 1 N–H and O–H groups in total. The van der Waals surface area contributed by atoms with Crippen molar-refractivity contribution in [3.8, 4) is 0 Å². The Hall–Kier alpha value is -2.74. The Labute approximate surface area is 139 Å². The van der Waals surface area contributed by atoms with Gasteiger partial charge in [0.2, 0.25) is 0 Å². The summed E-state index contributed by atoms with van der Waals surface area (Å²) >= 11 is 0. The number of Topliss-reactive ketones (excluding diaryl/α,β-unsaturated/α-hetero) is 1. The fourth-order valence-electron chi connectivity index (χ4n) is 2.18. The van der Waals surface area contributed by atoms with Gasteiger partial charge in [0.1, 0.15) is 0 Å². The van der Waals surface area contributed by atoms with E-state index >= 15 is 0 Å². The summed E-state index contributed by atoms with van der Waals surface area (Å²) in [6.07, 6.45) is 0.468. The van der Waals surface area contributed by atoms with E-state index in [0.717, 1.165) is 0 Å². The van der Waals surface area contributed by atoms with Gasteiger partial charge in [-0.1, -0.05) is 25.1 Å². The minimum Gasteiger partial charge on any atom is -0.295 e. The summed E-state index contributed by atoms with van der Waals surface area (Å²) < 4.78 is 27.0. The number of hydrogen-bond acceptors (Lipinski definition) is 5. The number of nitrogens with one attached hydrogen (secondary N) is 1. The zero-order valence-electron chi connectivity index (χ0n) is 13.1. The summed E-state index contributed by atoms with van der Waals surface area (Å²) in [4.78, 5) is 21.7. The molecular formula is C16H16N2O5S. The molecule has 0 fully saturated rings. The first-order valence-electron chi connectivity index (χ1n) is 7.15. The molecule has 7 nitrogen and oxygen atoms in total. The molecule has 0 aromatic heterocycles. The molecule has 24 heavy (non-hydrogen) atoms. The second kappa shape index (κ2) is 6.79. The van der Waals surface area contributed by atoms with E-state index in [1.165, 1.54) is 49.4 Å². The first-order valence-corrected chi connectivity index (χ1v) is 8.64. The van der Waals surface area contributed by atoms with E-state index in [1.807, 2.05) is 0 Å². The average Bonchev–Trinajstić information content (AvgIpc) is 2.54. The zero-order valence-corrected chi connectivity index (χ0v) is 14.0. The SMILES string of the molecule is CCc1ccc(NS(=O)(=O)c2ccc(C(C)=O)cc2)cc1[N+](=O)[O-]. The lowest BCUT2D eigenvalue weighted by Gasteiger charge is -2.09. The highest BCUT2D eigenvalue weighted by molar-refractivity contribution is 7.92. The van der Waals surface area contributed by atoms with Crippen LogP contribution in [0.5, 0.6) is 0 Å². The van der Waals surface area contributed by atoms with Crippen molar-refractivity contribution in [1.29, 1.82) is 0 Å². The predicted molar refractivity (Wildman–Crippen MR) is 89.7 cm³/mol. The number of ketones is 1. The fourth-order valence-corrected chi connectivity index (χ4v) is 3.23. The van der Waals surface area contributed by atoms with Gasteiger partial charge in [-0.15, -0.1) is 0 Å². The van der Waals surface area contributed by atoms with Gasteiger partial charge in [0.25, 0.3) is 15.7 Å². The van der Waals surface area contributed by atoms with Crippen molar-refractivity contribution in [2.24, 2.45) is 0 Å². The number of nitro benzene ring substituents is 1. The average molecular weight is 348 g/mol. The van der Waals surface area contributed by atoms with Crippen molar-refractivity contribution in [2.75, 3.05) is 4.72 Å². The van der Waals surface area contributed by atoms with E-state index in [4.69, 9.17) is 0 Å². The maximum Gasteiger partial charge on any atom is 0.274 e. The lowest BCUT2D eigenvalue weighted by Crippen LogP contribution is -2.13. The Balaban J connectivity index is 2.33. The number of carbonyl (C=O) groups excluding carboxylic acids is 1. The van der Waals surface area contributed by atoms with E-state index in [2.05, 4.69) is 4.72 Å². The third kappa shape index (κ3) is 3.77. The van der Waals surface area contributed by atoms with Crippen molar-refractivity contribution in [3.05, 3.63) is 63.7 Å². The van der Waals surface area contributed by atoms with Crippen LogP contribution >= 0.6 is 0 Å². The van der Waals surface area contributed by atoms with Crippen molar-refractivity contribution in [3.63, 3.8) is 0 Å². The molecule has 0 radical (unpaired) electrons. The summed E-state index contributed by atoms with van der Waals surface area (Å²) in [6.45, 7) is 3.17. The lowest BCUT2D eigenvalue weighted by atomic mass is 10.1. The second-order valence-electron chi connectivity index (χ2n) is 5.14. The molecule has 2 aromatic rings. The van der Waals surface area contributed by atoms with Crippen LogP contribution in [0.25, 0.3) is 0 Å². The van der Waals surface area contributed by atoms with Gasteiger partial charge >= 0.3 is 0 Å². The highest BCUT2D eigenvalue weighted by Crippen LogP contribution is 2.25. The molecule has 0 amide bonds. The molecule has 126 valence electrons. The fraction of sp³-hybridized carbons (Fsp3) is 0.188. The second-order valence-corrected chi connectivity index (χ2v) is 6.82. The number of hydrogen-bond donors (Lipinski definition) is 1. The largest absolute Gasteiger partial charge is 0.295 e. The van der Waals surface area contributed by atoms with E-state index in [-0.39, 0.29) is 22.1 Å². The van der Waals surface area contributed by atoms with Crippen LogP contribution in [-0.4, -0.2) is 19.1 Å². The van der Waals surface area contributed by atoms with E-state index in [9.17, 15) is 23.3 Å². The Morgan fingerprint density at radius 1 is 1.17 bits per heavy atom. The van der Waals surface area contributed by atoms with E-state index in [0.29, 0.717) is 17.5 Å². The van der Waals surface area contributed by atoms with Crippen LogP contribution in [0.1, 0.15) is 29.8 Å². The van der Waals surface area contributed by atoms with Crippen LogP contribution in [-0.2, 0) is 16.4 Å². The molecule has 0 spiro atoms. The first-order chi connectivity index (χ1) is 11.2. The van der Waals surface area contributed by atoms with Crippen LogP contribution in [0.4, 0.5) is 11.4 Å². The molecule has 0 aliphatic carbocycles. The zero-order chi connectivity index (χ0) is 17.9. The molecule has 0 bridgehead atoms. The first kappa shape index (κ1) is 17.6. The molecule has 0 saturated carbocycles. The standard InChI is InChI=1S/C16H16N2O5S/c1-3-12-4-7-14(10-16(12)18(20)21)17-24(22,23)15-8-5-13(6-9-15)11(2)19/h4-10,17H,3H2,1-2H3. The van der Waals surface area contributed by atoms with Gasteiger partial charge in [0, 0.05) is 17.2 Å². The van der Waals surface area contributed by atoms with Gasteiger partial charge in [-0.2, -0.15) is 0 Å². The van der Waals surface area contributed by atoms with Crippen molar-refractivity contribution >= 4 is 27.2 Å². The van der Waals surface area contributed by atoms with Gasteiger partial charge in [-0.25, -0.2) is 8.42 Å². The van der Waals surface area contributed by atoms with Crippen LogP contribution < -0.4 is 4.72 Å². The minimum absolute atomic E-state index is 0.0327. The van der Waals surface area contributed by atoms with Crippen LogP contribution in [0.2, 0.25) is 0 Å². The molecule has 2 rings (SSSR count). The van der Waals surface area contributed by atoms with Crippen LogP contribution in [0, 0.1) is 10.1 Å². The Kier molecular flexibility index (Phi) is 4.99. The number of anilines is 1. The number of nitro groups is 1. The van der Waals surface area contributed by atoms with Crippen LogP contribution in [0.3, 0.4) is 0 Å². The number of rotatable bonds is 6. The Morgan fingerprint density at radius 2 is 1.79 bits per heavy atom. The van der Waals surface area contributed by atoms with Gasteiger partial charge in [-0.3, -0.25) is 19.6 Å². The molecule has 0 saturated heterocycles. The lowest BCUT2D eigenvalue weighted by molar-refractivity contribution is -0.385. The maximum atomic E-state index is 12.4. The van der Waals surface area contributed by atoms with Crippen molar-refractivity contribution < 1.29 is 18.1 Å². The number of carbonyl (C=O) groups is 1. The molecule has 0 unspecified atom stereocenters. The van der Waals surface area contributed by atoms with Crippen molar-refractivity contribution in [1.82, 2.24) is 0 Å². The Morgan fingerprint density at radius 3 is 2.29 bits per heavy atom. The van der Waals surface area contributed by atoms with Gasteiger partial charge in [-0.05, 0) is 31.5 Å². The van der Waals surface area contributed by atoms with E-state index in [1.54, 1.807) is 6.92 Å². The number of aryl methyl sites for hydroxylation is 1. The summed E-state index contributed by atoms with van der Waals surface area (Å²) in [5, 5.41) is 11.1. The summed E-state index contributed by atoms with van der Waals surface area (Å²) in [5.74, 6) is -0.169. The molecule has 0 aliphatic heterocycles. The van der Waals surface area contributed by atoms with Gasteiger partial charge in [0.15, 0.2) is 5.78 Å². The predicted octanol–water partition coefficient (Wildman–Crippen LogP) is 3.16. The smallest absolute Gasteiger partial charge is 0.274 e. The molecule has 8 heteroatoms. The Bertz CT molecular complexity index is 889. The molecule has 2 aromatic carbocycles. The highest BCUT2D eigenvalue weighted by Gasteiger charge is 2.18. The topological polar surface area (TPSA) is 106 Å². The quantitative estimate of drug-likeness (QED) is 0.490.